The van der Waals surface area contributed by atoms with Gasteiger partial charge in [-0.25, -0.2) is 0 Å². The normalized spacial score (nSPS) is 12.6. The number of hydrogen-bond acceptors (Lipinski definition) is 4. The van der Waals surface area contributed by atoms with E-state index < -0.39 is 0 Å². The summed E-state index contributed by atoms with van der Waals surface area (Å²) in [6.45, 7) is 1.93. The van der Waals surface area contributed by atoms with Gasteiger partial charge in [-0.15, -0.1) is 0 Å². The lowest BCUT2D eigenvalue weighted by atomic mass is 10.2. The van der Waals surface area contributed by atoms with Crippen molar-refractivity contribution in [3.8, 4) is 0 Å². The van der Waals surface area contributed by atoms with E-state index in [2.05, 4.69) is 31.5 Å². The summed E-state index contributed by atoms with van der Waals surface area (Å²) < 4.78 is 0. The van der Waals surface area contributed by atoms with Gasteiger partial charge in [0.1, 0.15) is 5.69 Å². The number of benzene rings is 1. The number of rotatable bonds is 4. The first-order valence-corrected chi connectivity index (χ1v) is 6.14. The number of nitrogens with zero attached hydrogens (tertiary/aromatic N) is 2. The molecule has 0 aliphatic rings. The maximum Gasteiger partial charge on any atom is 0.238 e. The second-order valence-corrected chi connectivity index (χ2v) is 4.54. The topological polar surface area (TPSA) is 79.8 Å². The quantitative estimate of drug-likeness (QED) is 0.509. The summed E-state index contributed by atoms with van der Waals surface area (Å²) in [4.78, 5) is 11.4. The van der Waals surface area contributed by atoms with Crippen LogP contribution in [0.4, 0.5) is 17.1 Å². The number of nitrogens with two attached hydrogens (primary N) is 1. The van der Waals surface area contributed by atoms with Gasteiger partial charge < -0.3 is 11.1 Å². The molecular weight excluding hydrogens is 284 g/mol. The van der Waals surface area contributed by atoms with Crippen LogP contribution in [0, 0.1) is 0 Å². The molecule has 1 atom stereocenters. The zero-order valence-corrected chi connectivity index (χ0v) is 11.4. The third-order valence-electron chi connectivity index (χ3n) is 2.15. The zero-order chi connectivity index (χ0) is 12.8. The van der Waals surface area contributed by atoms with Crippen LogP contribution in [-0.2, 0) is 4.79 Å². The van der Waals surface area contributed by atoms with Gasteiger partial charge in [-0.05, 0) is 24.6 Å². The van der Waals surface area contributed by atoms with Crippen LogP contribution in [0.25, 0.3) is 0 Å². The number of nitrogens with one attached hydrogen (secondary N) is 1. The SMILES string of the molecule is CC[C@@H](Br)C(=O)Nc1ccc(N=NC)c(N)c1. The van der Waals surface area contributed by atoms with E-state index in [9.17, 15) is 4.79 Å². The first kappa shape index (κ1) is 13.6. The molecule has 0 fully saturated rings. The van der Waals surface area contributed by atoms with Gasteiger partial charge in [-0.3, -0.25) is 4.79 Å². The van der Waals surface area contributed by atoms with Gasteiger partial charge in [0.2, 0.25) is 5.91 Å². The standard InChI is InChI=1S/C11H15BrN4O/c1-3-8(12)11(17)15-7-4-5-10(16-14-2)9(13)6-7/h4-6,8H,3,13H2,1-2H3,(H,15,17)/t8-/m1/s1. The van der Waals surface area contributed by atoms with Gasteiger partial charge in [0.25, 0.3) is 0 Å². The molecule has 0 aromatic heterocycles. The number of carbonyl (C=O) groups excluding carboxylic acids is 1. The highest BCUT2D eigenvalue weighted by atomic mass is 79.9. The molecule has 0 saturated heterocycles. The number of alkyl halides is 1. The van der Waals surface area contributed by atoms with Crippen LogP contribution in [0.15, 0.2) is 28.4 Å². The highest BCUT2D eigenvalue weighted by Gasteiger charge is 2.12. The molecule has 0 saturated carbocycles. The van der Waals surface area contributed by atoms with Crippen LogP contribution in [0.3, 0.4) is 0 Å². The predicted octanol–water partition coefficient (Wildman–Crippen LogP) is 3.09. The van der Waals surface area contributed by atoms with Gasteiger partial charge in [-0.1, -0.05) is 22.9 Å². The minimum atomic E-state index is -0.196. The van der Waals surface area contributed by atoms with Crippen LogP contribution < -0.4 is 11.1 Å². The number of anilines is 2. The summed E-state index contributed by atoms with van der Waals surface area (Å²) in [5, 5.41) is 10.3. The fourth-order valence-corrected chi connectivity index (χ4v) is 1.35. The third-order valence-corrected chi connectivity index (χ3v) is 3.21. The molecule has 3 N–H and O–H groups in total. The minimum Gasteiger partial charge on any atom is -0.397 e. The van der Waals surface area contributed by atoms with Crippen LogP contribution in [-0.4, -0.2) is 17.8 Å². The summed E-state index contributed by atoms with van der Waals surface area (Å²) in [5.41, 5.74) is 7.50. The molecule has 0 spiro atoms. The maximum absolute atomic E-state index is 11.6. The number of nitrogen functional groups attached to an aromatic ring is 1. The van der Waals surface area contributed by atoms with Crippen molar-refractivity contribution in [2.45, 2.75) is 18.2 Å². The summed E-state index contributed by atoms with van der Waals surface area (Å²) >= 11 is 3.28. The molecule has 0 unspecified atom stereocenters. The second-order valence-electron chi connectivity index (χ2n) is 3.44. The third kappa shape index (κ3) is 3.81. The fraction of sp³-hybridized carbons (Fsp3) is 0.364. The molecule has 1 aromatic carbocycles. The number of carbonyl (C=O) groups is 1. The van der Waals surface area contributed by atoms with Crippen LogP contribution in [0.1, 0.15) is 13.3 Å². The number of hydrogen-bond donors (Lipinski definition) is 2. The van der Waals surface area contributed by atoms with Crippen molar-refractivity contribution >= 4 is 38.9 Å². The molecule has 6 heteroatoms. The Labute approximate surface area is 109 Å². The molecule has 0 aliphatic carbocycles. The molecule has 0 bridgehead atoms. The Morgan fingerprint density at radius 1 is 1.59 bits per heavy atom. The molecule has 0 radical (unpaired) electrons. The van der Waals surface area contributed by atoms with E-state index in [1.54, 1.807) is 25.2 Å². The van der Waals surface area contributed by atoms with E-state index in [0.717, 1.165) is 6.42 Å². The Morgan fingerprint density at radius 2 is 2.29 bits per heavy atom. The van der Waals surface area contributed by atoms with Crippen LogP contribution in [0.2, 0.25) is 0 Å². The molecule has 17 heavy (non-hydrogen) atoms. The monoisotopic (exact) mass is 298 g/mol. The van der Waals surface area contributed by atoms with E-state index in [-0.39, 0.29) is 10.7 Å². The summed E-state index contributed by atoms with van der Waals surface area (Å²) in [7, 11) is 1.58. The highest BCUT2D eigenvalue weighted by molar-refractivity contribution is 9.10. The molecule has 1 aromatic rings. The maximum atomic E-state index is 11.6. The zero-order valence-electron chi connectivity index (χ0n) is 9.77. The van der Waals surface area contributed by atoms with E-state index in [4.69, 9.17) is 5.73 Å². The van der Waals surface area contributed by atoms with Crippen molar-refractivity contribution in [1.82, 2.24) is 0 Å². The lowest BCUT2D eigenvalue weighted by Gasteiger charge is -2.09. The largest absolute Gasteiger partial charge is 0.397 e. The first-order valence-electron chi connectivity index (χ1n) is 5.22. The lowest BCUT2D eigenvalue weighted by molar-refractivity contribution is -0.115. The number of amides is 1. The number of azo groups is 1. The summed E-state index contributed by atoms with van der Waals surface area (Å²) in [5.74, 6) is -0.0863. The van der Waals surface area contributed by atoms with E-state index in [1.165, 1.54) is 0 Å². The van der Waals surface area contributed by atoms with E-state index >= 15 is 0 Å². The van der Waals surface area contributed by atoms with Crippen molar-refractivity contribution in [3.05, 3.63) is 18.2 Å². The molecule has 0 aliphatic heterocycles. The van der Waals surface area contributed by atoms with Gasteiger partial charge >= 0.3 is 0 Å². The van der Waals surface area contributed by atoms with E-state index in [1.807, 2.05) is 6.92 Å². The molecule has 92 valence electrons. The minimum absolute atomic E-state index is 0.0863. The van der Waals surface area contributed by atoms with Crippen LogP contribution in [0.5, 0.6) is 0 Å². The second kappa shape index (κ2) is 6.34. The molecule has 5 nitrogen and oxygen atoms in total. The Hall–Kier alpha value is -1.43. The van der Waals surface area contributed by atoms with Crippen molar-refractivity contribution in [2.75, 3.05) is 18.1 Å². The van der Waals surface area contributed by atoms with Crippen molar-refractivity contribution < 1.29 is 4.79 Å². The average Bonchev–Trinajstić information content (AvgIpc) is 2.31. The molecule has 0 heterocycles. The molecule has 1 amide bonds. The Kier molecular flexibility index (Phi) is 5.09. The predicted molar refractivity (Wildman–Crippen MR) is 72.9 cm³/mol. The Morgan fingerprint density at radius 3 is 2.82 bits per heavy atom. The lowest BCUT2D eigenvalue weighted by Crippen LogP contribution is -2.21. The molecular formula is C11H15BrN4O. The van der Waals surface area contributed by atoms with Gasteiger partial charge in [0.15, 0.2) is 0 Å². The van der Waals surface area contributed by atoms with Gasteiger partial charge in [0, 0.05) is 12.7 Å². The first-order chi connectivity index (χ1) is 8.08. The Bertz CT molecular complexity index is 433. The highest BCUT2D eigenvalue weighted by Crippen LogP contribution is 2.26. The van der Waals surface area contributed by atoms with Crippen molar-refractivity contribution in [1.29, 1.82) is 0 Å². The number of halogens is 1. The smallest absolute Gasteiger partial charge is 0.238 e. The summed E-state index contributed by atoms with van der Waals surface area (Å²) in [6, 6.07) is 5.12. The van der Waals surface area contributed by atoms with Crippen molar-refractivity contribution in [2.24, 2.45) is 10.2 Å². The van der Waals surface area contributed by atoms with Crippen molar-refractivity contribution in [3.63, 3.8) is 0 Å². The summed E-state index contributed by atoms with van der Waals surface area (Å²) in [6.07, 6.45) is 0.726. The van der Waals surface area contributed by atoms with Gasteiger partial charge in [0.05, 0.1) is 10.5 Å². The fourth-order valence-electron chi connectivity index (χ4n) is 1.24. The van der Waals surface area contributed by atoms with Gasteiger partial charge in [-0.2, -0.15) is 10.2 Å². The van der Waals surface area contributed by atoms with E-state index in [0.29, 0.717) is 17.1 Å². The average molecular weight is 299 g/mol. The molecule has 1 rings (SSSR count). The van der Waals surface area contributed by atoms with Crippen LogP contribution >= 0.6 is 15.9 Å². The Balaban J connectivity index is 2.80.